The van der Waals surface area contributed by atoms with E-state index in [9.17, 15) is 5.11 Å². The normalized spacial score (nSPS) is 59.4. The Bertz CT molecular complexity index is 445. The Morgan fingerprint density at radius 2 is 1.62 bits per heavy atom. The second-order valence-corrected chi connectivity index (χ2v) is 10.2. The highest BCUT2D eigenvalue weighted by Crippen LogP contribution is 2.73. The molecule has 6 atom stereocenters. The summed E-state index contributed by atoms with van der Waals surface area (Å²) < 4.78 is 0. The van der Waals surface area contributed by atoms with Gasteiger partial charge in [0.2, 0.25) is 0 Å². The van der Waals surface area contributed by atoms with Crippen LogP contribution >= 0.6 is 0 Å². The van der Waals surface area contributed by atoms with E-state index >= 15 is 0 Å². The van der Waals surface area contributed by atoms with E-state index in [1.165, 1.54) is 64.2 Å². The molecule has 1 spiro atoms. The molecule has 2 bridgehead atoms. The lowest BCUT2D eigenvalue weighted by atomic mass is 9.40. The number of aliphatic hydroxyl groups is 1. The molecule has 0 aromatic carbocycles. The minimum absolute atomic E-state index is 0.202. The van der Waals surface area contributed by atoms with Gasteiger partial charge in [0.25, 0.3) is 0 Å². The Kier molecular flexibility index (Phi) is 2.96. The summed E-state index contributed by atoms with van der Waals surface area (Å²) in [6, 6.07) is 0. The molecule has 1 N–H and O–H groups in total. The second-order valence-electron chi connectivity index (χ2n) is 10.2. The zero-order valence-corrected chi connectivity index (χ0v) is 14.4. The minimum Gasteiger partial charge on any atom is -0.396 e. The van der Waals surface area contributed by atoms with E-state index in [-0.39, 0.29) is 5.41 Å². The van der Waals surface area contributed by atoms with Crippen LogP contribution in [0.1, 0.15) is 85.0 Å². The Morgan fingerprint density at radius 1 is 0.857 bits per heavy atom. The van der Waals surface area contributed by atoms with Gasteiger partial charge in [-0.2, -0.15) is 0 Å². The van der Waals surface area contributed by atoms with E-state index in [2.05, 4.69) is 20.8 Å². The van der Waals surface area contributed by atoms with Crippen LogP contribution in [0.15, 0.2) is 0 Å². The zero-order chi connectivity index (χ0) is 14.9. The third-order valence-corrected chi connectivity index (χ3v) is 8.97. The van der Waals surface area contributed by atoms with Gasteiger partial charge >= 0.3 is 0 Å². The Morgan fingerprint density at radius 3 is 2.38 bits per heavy atom. The van der Waals surface area contributed by atoms with Gasteiger partial charge in [-0.3, -0.25) is 0 Å². The van der Waals surface area contributed by atoms with Crippen molar-refractivity contribution >= 4 is 0 Å². The van der Waals surface area contributed by atoms with Gasteiger partial charge in [-0.15, -0.1) is 0 Å². The first-order valence-electron chi connectivity index (χ1n) is 9.47. The number of hydrogen-bond acceptors (Lipinski definition) is 1. The summed E-state index contributed by atoms with van der Waals surface area (Å²) in [5.41, 5.74) is 2.08. The van der Waals surface area contributed by atoms with Crippen LogP contribution in [0.5, 0.6) is 0 Å². The highest BCUT2D eigenvalue weighted by Gasteiger charge is 2.64. The monoisotopic (exact) mass is 290 g/mol. The van der Waals surface area contributed by atoms with E-state index < -0.39 is 0 Å². The number of hydrogen-bond donors (Lipinski definition) is 1. The molecule has 1 nitrogen and oxygen atoms in total. The third-order valence-electron chi connectivity index (χ3n) is 8.97. The van der Waals surface area contributed by atoms with Gasteiger partial charge in [0.05, 0.1) is 0 Å². The summed E-state index contributed by atoms with van der Waals surface area (Å²) in [5.74, 6) is 1.72. The van der Waals surface area contributed by atoms with E-state index in [1.54, 1.807) is 0 Å². The fraction of sp³-hybridized carbons (Fsp3) is 1.00. The molecule has 0 aromatic heterocycles. The Hall–Kier alpha value is -0.0400. The minimum atomic E-state index is 0.202. The predicted molar refractivity (Wildman–Crippen MR) is 87.0 cm³/mol. The van der Waals surface area contributed by atoms with Crippen molar-refractivity contribution in [3.63, 3.8) is 0 Å². The number of aliphatic hydroxyl groups excluding tert-OH is 1. The summed E-state index contributed by atoms with van der Waals surface area (Å²) in [6.07, 6.45) is 14.3. The lowest BCUT2D eigenvalue weighted by molar-refractivity contribution is -0.163. The van der Waals surface area contributed by atoms with Crippen LogP contribution in [-0.2, 0) is 0 Å². The summed E-state index contributed by atoms with van der Waals surface area (Å²) in [6.45, 7) is 7.97. The average molecular weight is 290 g/mol. The van der Waals surface area contributed by atoms with Crippen molar-refractivity contribution < 1.29 is 5.11 Å². The van der Waals surface area contributed by atoms with Crippen molar-refractivity contribution in [1.82, 2.24) is 0 Å². The molecule has 0 radical (unpaired) electrons. The lowest BCUT2D eigenvalue weighted by Crippen LogP contribution is -2.57. The molecular formula is C20H34O. The van der Waals surface area contributed by atoms with Gasteiger partial charge in [0, 0.05) is 6.61 Å². The summed E-state index contributed by atoms with van der Waals surface area (Å²) in [5, 5.41) is 10.1. The predicted octanol–water partition coefficient (Wildman–Crippen LogP) is 5.17. The molecule has 4 rings (SSSR count). The van der Waals surface area contributed by atoms with E-state index in [4.69, 9.17) is 0 Å². The average Bonchev–Trinajstić information content (AvgIpc) is 2.69. The fourth-order valence-electron chi connectivity index (χ4n) is 8.04. The second kappa shape index (κ2) is 4.28. The first-order chi connectivity index (χ1) is 9.86. The third kappa shape index (κ3) is 1.79. The maximum absolute atomic E-state index is 10.1. The maximum Gasteiger partial charge on any atom is 0.0487 e. The van der Waals surface area contributed by atoms with Gasteiger partial charge in [-0.25, -0.2) is 0 Å². The largest absolute Gasteiger partial charge is 0.396 e. The molecule has 0 heterocycles. The number of rotatable bonds is 1. The van der Waals surface area contributed by atoms with Crippen LogP contribution in [0.3, 0.4) is 0 Å². The highest BCUT2D eigenvalue weighted by molar-refractivity contribution is 5.14. The Labute approximate surface area is 130 Å². The van der Waals surface area contributed by atoms with Crippen LogP contribution in [0, 0.1) is 33.5 Å². The van der Waals surface area contributed by atoms with Gasteiger partial charge in [0.15, 0.2) is 0 Å². The van der Waals surface area contributed by atoms with Crippen molar-refractivity contribution in [1.29, 1.82) is 0 Å². The van der Waals surface area contributed by atoms with Crippen LogP contribution in [-0.4, -0.2) is 11.7 Å². The molecule has 21 heavy (non-hydrogen) atoms. The summed E-state index contributed by atoms with van der Waals surface area (Å²) in [4.78, 5) is 0. The van der Waals surface area contributed by atoms with Gasteiger partial charge in [-0.1, -0.05) is 27.2 Å². The van der Waals surface area contributed by atoms with Gasteiger partial charge in [-0.05, 0) is 91.3 Å². The van der Waals surface area contributed by atoms with Crippen LogP contribution in [0.4, 0.5) is 0 Å². The topological polar surface area (TPSA) is 20.2 Å². The van der Waals surface area contributed by atoms with Crippen LogP contribution < -0.4 is 0 Å². The van der Waals surface area contributed by atoms with Crippen LogP contribution in [0.2, 0.25) is 0 Å². The first kappa shape index (κ1) is 14.5. The molecule has 4 aliphatic rings. The standard InChI is InChI=1S/C20H34O/c1-17-9-5-16-19(3)8-4-7-18(2,14-21)15(19)6-10-20(16,13-17)12-11-17/h15-16,21H,4-14H2,1-3H3/t15-,16+,17-,18+,19-,20+/m1/s1. The van der Waals surface area contributed by atoms with Crippen molar-refractivity contribution in [3.8, 4) is 0 Å². The molecule has 0 aromatic rings. The molecule has 0 aliphatic heterocycles. The van der Waals surface area contributed by atoms with Crippen LogP contribution in [0.25, 0.3) is 0 Å². The highest BCUT2D eigenvalue weighted by atomic mass is 16.3. The van der Waals surface area contributed by atoms with Crippen molar-refractivity contribution in [3.05, 3.63) is 0 Å². The zero-order valence-electron chi connectivity index (χ0n) is 14.4. The van der Waals surface area contributed by atoms with E-state index in [0.29, 0.717) is 22.9 Å². The fourth-order valence-corrected chi connectivity index (χ4v) is 8.04. The molecule has 0 saturated heterocycles. The number of fused-ring (bicyclic) bond motifs is 3. The molecule has 4 fully saturated rings. The molecule has 1 heteroatoms. The maximum atomic E-state index is 10.1. The molecule has 4 aliphatic carbocycles. The molecule has 4 saturated carbocycles. The van der Waals surface area contributed by atoms with Crippen molar-refractivity contribution in [2.24, 2.45) is 33.5 Å². The molecular weight excluding hydrogens is 256 g/mol. The smallest absolute Gasteiger partial charge is 0.0487 e. The van der Waals surface area contributed by atoms with Crippen molar-refractivity contribution in [2.45, 2.75) is 85.0 Å². The van der Waals surface area contributed by atoms with E-state index in [0.717, 1.165) is 11.8 Å². The lowest BCUT2D eigenvalue weighted by Gasteiger charge is -2.64. The first-order valence-corrected chi connectivity index (χ1v) is 9.47. The molecule has 120 valence electrons. The summed E-state index contributed by atoms with van der Waals surface area (Å²) in [7, 11) is 0. The van der Waals surface area contributed by atoms with Gasteiger partial charge in [0.1, 0.15) is 0 Å². The molecule has 0 amide bonds. The van der Waals surface area contributed by atoms with E-state index in [1.807, 2.05) is 0 Å². The Balaban J connectivity index is 1.72. The summed E-state index contributed by atoms with van der Waals surface area (Å²) >= 11 is 0. The van der Waals surface area contributed by atoms with Crippen molar-refractivity contribution in [2.75, 3.05) is 6.61 Å². The SMILES string of the molecule is C[C@@]12CC[C@@H]3[C@@](CC[C@@H]4[C@](C)(CO)CCC[C@]43C)(CC1)C2. The molecule has 0 unspecified atom stereocenters. The quantitative estimate of drug-likeness (QED) is 0.706. The van der Waals surface area contributed by atoms with Gasteiger partial charge < -0.3 is 5.11 Å².